The van der Waals surface area contributed by atoms with E-state index in [0.29, 0.717) is 17.0 Å². The number of amides is 1. The van der Waals surface area contributed by atoms with E-state index in [0.717, 1.165) is 22.8 Å². The number of hydrogen-bond acceptors (Lipinski definition) is 6. The van der Waals surface area contributed by atoms with Crippen LogP contribution in [0.1, 0.15) is 27.3 Å². The van der Waals surface area contributed by atoms with Crippen molar-refractivity contribution in [2.75, 3.05) is 0 Å². The van der Waals surface area contributed by atoms with Crippen LogP contribution in [0.2, 0.25) is 0 Å². The third-order valence-corrected chi connectivity index (χ3v) is 4.64. The van der Waals surface area contributed by atoms with E-state index in [2.05, 4.69) is 9.97 Å². The molecule has 0 saturated heterocycles. The van der Waals surface area contributed by atoms with Gasteiger partial charge in [0, 0.05) is 12.3 Å². The second kappa shape index (κ2) is 8.34. The fourth-order valence-electron chi connectivity index (χ4n) is 3.13. The molecule has 158 valence electrons. The molecule has 0 fully saturated rings. The van der Waals surface area contributed by atoms with Crippen LogP contribution in [0.25, 0.3) is 5.69 Å². The third kappa shape index (κ3) is 4.13. The molecule has 4 aromatic rings. The Labute approximate surface area is 174 Å². The zero-order valence-electron chi connectivity index (χ0n) is 16.3. The summed E-state index contributed by atoms with van der Waals surface area (Å²) in [6.07, 6.45) is 6.50. The molecule has 0 aliphatic rings. The summed E-state index contributed by atoms with van der Waals surface area (Å²) in [6.45, 7) is 1.65. The Hall–Kier alpha value is -4.08. The molecule has 31 heavy (non-hydrogen) atoms. The van der Waals surface area contributed by atoms with Gasteiger partial charge in [-0.05, 0) is 30.7 Å². The molecule has 3 heterocycles. The normalized spacial score (nSPS) is 10.9. The molecule has 0 unspecified atom stereocenters. The Morgan fingerprint density at radius 1 is 1.06 bits per heavy atom. The molecule has 0 bridgehead atoms. The minimum absolute atomic E-state index is 0.0320. The number of halogens is 2. The molecule has 1 aromatic carbocycles. The number of benzene rings is 1. The van der Waals surface area contributed by atoms with Crippen molar-refractivity contribution in [1.29, 1.82) is 0 Å². The number of carbonyl (C=O) groups excluding carboxylic acids is 1. The van der Waals surface area contributed by atoms with Gasteiger partial charge in [0.05, 0.1) is 30.2 Å². The van der Waals surface area contributed by atoms with Gasteiger partial charge in [-0.25, -0.2) is 18.7 Å². The van der Waals surface area contributed by atoms with Crippen LogP contribution < -0.4 is 5.56 Å². The minimum Gasteiger partial charge on any atom is -0.451 e. The summed E-state index contributed by atoms with van der Waals surface area (Å²) in [7, 11) is 0. The quantitative estimate of drug-likeness (QED) is 0.470. The Morgan fingerprint density at radius 3 is 2.29 bits per heavy atom. The van der Waals surface area contributed by atoms with Crippen LogP contribution in [0.4, 0.5) is 8.78 Å². The van der Waals surface area contributed by atoms with Crippen LogP contribution in [-0.4, -0.2) is 25.3 Å². The maximum Gasteiger partial charge on any atom is 0.268 e. The summed E-state index contributed by atoms with van der Waals surface area (Å²) in [5, 5.41) is 0. The molecule has 10 heteroatoms. The highest BCUT2D eigenvalue weighted by molar-refractivity contribution is 5.95. The van der Waals surface area contributed by atoms with Gasteiger partial charge in [-0.2, -0.15) is 0 Å². The Morgan fingerprint density at radius 2 is 1.71 bits per heavy atom. The summed E-state index contributed by atoms with van der Waals surface area (Å²) >= 11 is 0. The number of carbonyl (C=O) groups is 1. The van der Waals surface area contributed by atoms with Crippen LogP contribution in [0.3, 0.4) is 0 Å². The largest absolute Gasteiger partial charge is 0.451 e. The summed E-state index contributed by atoms with van der Waals surface area (Å²) in [5.41, 5.74) is 0.0498. The number of hydrogen-bond donors (Lipinski definition) is 0. The highest BCUT2D eigenvalue weighted by Crippen LogP contribution is 2.17. The lowest BCUT2D eigenvalue weighted by atomic mass is 10.1. The van der Waals surface area contributed by atoms with Crippen LogP contribution in [0.5, 0.6) is 0 Å². The average molecular weight is 426 g/mol. The van der Waals surface area contributed by atoms with Gasteiger partial charge in [-0.3, -0.25) is 14.2 Å². The summed E-state index contributed by atoms with van der Waals surface area (Å²) < 4.78 is 38.8. The van der Waals surface area contributed by atoms with E-state index in [4.69, 9.17) is 8.83 Å². The van der Waals surface area contributed by atoms with Crippen molar-refractivity contribution in [3.05, 3.63) is 100 Å². The molecule has 0 atom stereocenters. The molecule has 0 N–H and O–H groups in total. The molecule has 0 aliphatic heterocycles. The van der Waals surface area contributed by atoms with Crippen LogP contribution in [0, 0.1) is 18.6 Å². The van der Waals surface area contributed by atoms with Crippen molar-refractivity contribution in [1.82, 2.24) is 19.4 Å². The van der Waals surface area contributed by atoms with Crippen molar-refractivity contribution in [3.63, 3.8) is 0 Å². The maximum absolute atomic E-state index is 14.3. The maximum atomic E-state index is 14.3. The van der Waals surface area contributed by atoms with E-state index in [1.807, 2.05) is 0 Å². The fourth-order valence-corrected chi connectivity index (χ4v) is 3.13. The van der Waals surface area contributed by atoms with Crippen LogP contribution in [-0.2, 0) is 13.1 Å². The van der Waals surface area contributed by atoms with E-state index >= 15 is 0 Å². The second-order valence-corrected chi connectivity index (χ2v) is 6.77. The minimum atomic E-state index is -0.798. The van der Waals surface area contributed by atoms with Crippen molar-refractivity contribution in [2.45, 2.75) is 20.0 Å². The first-order valence-electron chi connectivity index (χ1n) is 9.15. The Kier molecular flexibility index (Phi) is 5.44. The molecular formula is C21H16F2N4O4. The molecular weight excluding hydrogens is 410 g/mol. The standard InChI is InChI=1S/C21H16F2N4O4/c1-13-4-5-27(18-6-14(22)2-3-17(18)23)21(29)19(13)20(28)26(7-15-9-30-11-24-15)8-16-10-31-12-25-16/h2-6,9-12H,7-8H2,1H3. The number of nitrogens with zero attached hydrogens (tertiary/aromatic N) is 4. The number of oxazole rings is 2. The highest BCUT2D eigenvalue weighted by atomic mass is 19.1. The molecule has 0 spiro atoms. The lowest BCUT2D eigenvalue weighted by Gasteiger charge is -2.22. The van der Waals surface area contributed by atoms with E-state index in [-0.39, 0.29) is 24.3 Å². The van der Waals surface area contributed by atoms with Crippen molar-refractivity contribution < 1.29 is 22.4 Å². The van der Waals surface area contributed by atoms with Gasteiger partial charge < -0.3 is 13.7 Å². The summed E-state index contributed by atoms with van der Waals surface area (Å²) in [4.78, 5) is 35.9. The number of rotatable bonds is 6. The van der Waals surface area contributed by atoms with E-state index in [9.17, 15) is 18.4 Å². The zero-order valence-corrected chi connectivity index (χ0v) is 16.3. The topological polar surface area (TPSA) is 94.4 Å². The first-order valence-corrected chi connectivity index (χ1v) is 9.15. The first-order chi connectivity index (χ1) is 14.9. The third-order valence-electron chi connectivity index (χ3n) is 4.64. The van der Waals surface area contributed by atoms with Gasteiger partial charge in [0.15, 0.2) is 12.8 Å². The smallest absolute Gasteiger partial charge is 0.268 e. The molecule has 0 saturated carbocycles. The zero-order chi connectivity index (χ0) is 22.0. The van der Waals surface area contributed by atoms with E-state index in [1.54, 1.807) is 6.92 Å². The predicted molar refractivity (Wildman–Crippen MR) is 103 cm³/mol. The Balaban J connectivity index is 1.77. The van der Waals surface area contributed by atoms with E-state index in [1.165, 1.54) is 42.5 Å². The van der Waals surface area contributed by atoms with Crippen LogP contribution >= 0.6 is 0 Å². The highest BCUT2D eigenvalue weighted by Gasteiger charge is 2.25. The van der Waals surface area contributed by atoms with Crippen molar-refractivity contribution >= 4 is 5.91 Å². The van der Waals surface area contributed by atoms with Crippen molar-refractivity contribution in [2.24, 2.45) is 0 Å². The summed E-state index contributed by atoms with van der Waals surface area (Å²) in [6, 6.07) is 4.24. The van der Waals surface area contributed by atoms with Gasteiger partial charge in [0.2, 0.25) is 0 Å². The average Bonchev–Trinajstić information content (AvgIpc) is 3.44. The number of aryl methyl sites for hydroxylation is 1. The SMILES string of the molecule is Cc1ccn(-c2cc(F)ccc2F)c(=O)c1C(=O)N(Cc1cocn1)Cc1cocn1. The number of pyridine rings is 1. The molecule has 1 amide bonds. The van der Waals surface area contributed by atoms with Crippen molar-refractivity contribution in [3.8, 4) is 5.69 Å². The van der Waals surface area contributed by atoms with Gasteiger partial charge in [-0.1, -0.05) is 0 Å². The molecule has 3 aromatic heterocycles. The molecule has 0 aliphatic carbocycles. The molecule has 4 rings (SSSR count). The fraction of sp³-hybridized carbons (Fsp3) is 0.143. The first kappa shape index (κ1) is 20.2. The Bertz CT molecular complexity index is 1230. The molecule has 0 radical (unpaired) electrons. The summed E-state index contributed by atoms with van der Waals surface area (Å²) in [5.74, 6) is -2.14. The van der Waals surface area contributed by atoms with Crippen LogP contribution in [0.15, 0.2) is 69.4 Å². The monoisotopic (exact) mass is 426 g/mol. The van der Waals surface area contributed by atoms with E-state index < -0.39 is 23.1 Å². The lowest BCUT2D eigenvalue weighted by Crippen LogP contribution is -2.37. The van der Waals surface area contributed by atoms with Gasteiger partial charge in [0.1, 0.15) is 29.7 Å². The lowest BCUT2D eigenvalue weighted by molar-refractivity contribution is 0.0722. The second-order valence-electron chi connectivity index (χ2n) is 6.77. The predicted octanol–water partition coefficient (Wildman–Crippen LogP) is 3.24. The van der Waals surface area contributed by atoms with Gasteiger partial charge >= 0.3 is 0 Å². The van der Waals surface area contributed by atoms with Gasteiger partial charge in [-0.15, -0.1) is 0 Å². The number of aromatic nitrogens is 3. The van der Waals surface area contributed by atoms with Gasteiger partial charge in [0.25, 0.3) is 11.5 Å². The molecule has 8 nitrogen and oxygen atoms in total.